The lowest BCUT2D eigenvalue weighted by Gasteiger charge is -2.31. The third-order valence-corrected chi connectivity index (χ3v) is 9.34. The minimum absolute atomic E-state index is 0.227. The fraction of sp³-hybridized carbons (Fsp3) is 0.348. The molecule has 2 aromatic carbocycles. The van der Waals surface area contributed by atoms with Crippen LogP contribution in [0.2, 0.25) is 5.02 Å². The molecule has 1 fully saturated rings. The van der Waals surface area contributed by atoms with Crippen LogP contribution in [0.25, 0.3) is 0 Å². The number of aromatic nitrogens is 1. The van der Waals surface area contributed by atoms with Gasteiger partial charge in [-0.25, -0.2) is 13.4 Å². The van der Waals surface area contributed by atoms with Crippen LogP contribution in [0.4, 0.5) is 5.13 Å². The molecule has 170 valence electrons. The van der Waals surface area contributed by atoms with Crippen molar-refractivity contribution in [2.75, 3.05) is 32.2 Å². The van der Waals surface area contributed by atoms with E-state index in [0.717, 1.165) is 27.9 Å². The number of hydrogen-bond acceptors (Lipinski definition) is 7. The molecule has 4 rings (SSSR count). The monoisotopic (exact) mass is 492 g/mol. The van der Waals surface area contributed by atoms with E-state index in [9.17, 15) is 8.42 Å². The zero-order chi connectivity index (χ0) is 22.7. The van der Waals surface area contributed by atoms with Crippen LogP contribution in [0, 0.1) is 0 Å². The molecule has 0 saturated carbocycles. The standard InChI is InChI=1S/C23H25ClN2O4S2/c1-29-18-12-16(13-19(14-18)30-2)11-17-15-31-23(25-17)26-9-7-20(8-10-26)32(27,28)22-6-4-3-5-21(22)24/h3-6,12-15,20H,7-11H2,1-2H3. The summed E-state index contributed by atoms with van der Waals surface area (Å²) in [5, 5.41) is 2.83. The maximum absolute atomic E-state index is 13.0. The molecule has 32 heavy (non-hydrogen) atoms. The van der Waals surface area contributed by atoms with E-state index in [1.165, 1.54) is 0 Å². The van der Waals surface area contributed by atoms with E-state index in [2.05, 4.69) is 4.90 Å². The summed E-state index contributed by atoms with van der Waals surface area (Å²) in [4.78, 5) is 7.18. The number of hydrogen-bond donors (Lipinski definition) is 0. The summed E-state index contributed by atoms with van der Waals surface area (Å²) >= 11 is 7.73. The summed E-state index contributed by atoms with van der Waals surface area (Å²) < 4.78 is 36.8. The van der Waals surface area contributed by atoms with Gasteiger partial charge in [-0.3, -0.25) is 0 Å². The number of halogens is 1. The van der Waals surface area contributed by atoms with E-state index in [0.29, 0.717) is 32.4 Å². The average molecular weight is 493 g/mol. The van der Waals surface area contributed by atoms with Crippen LogP contribution in [-0.4, -0.2) is 46.0 Å². The summed E-state index contributed by atoms with van der Waals surface area (Å²) in [6, 6.07) is 12.5. The molecule has 1 aromatic heterocycles. The molecular formula is C23H25ClN2O4S2. The van der Waals surface area contributed by atoms with Crippen molar-refractivity contribution < 1.29 is 17.9 Å². The van der Waals surface area contributed by atoms with Crippen molar-refractivity contribution in [3.63, 3.8) is 0 Å². The Morgan fingerprint density at radius 3 is 2.38 bits per heavy atom. The number of rotatable bonds is 7. The van der Waals surface area contributed by atoms with Crippen LogP contribution in [0.3, 0.4) is 0 Å². The fourth-order valence-corrected chi connectivity index (χ4v) is 7.05. The van der Waals surface area contributed by atoms with Gasteiger partial charge in [0.2, 0.25) is 0 Å². The van der Waals surface area contributed by atoms with Gasteiger partial charge in [-0.15, -0.1) is 11.3 Å². The molecule has 0 amide bonds. The van der Waals surface area contributed by atoms with E-state index in [1.54, 1.807) is 49.8 Å². The Labute approximate surface area is 197 Å². The first-order chi connectivity index (χ1) is 15.4. The SMILES string of the molecule is COc1cc(Cc2csc(N3CCC(S(=O)(=O)c4ccccc4Cl)CC3)n2)cc(OC)c1. The number of benzene rings is 2. The normalized spacial score (nSPS) is 15.0. The average Bonchev–Trinajstić information content (AvgIpc) is 3.27. The van der Waals surface area contributed by atoms with Gasteiger partial charge >= 0.3 is 0 Å². The minimum atomic E-state index is -3.45. The molecule has 0 N–H and O–H groups in total. The number of sulfone groups is 1. The van der Waals surface area contributed by atoms with Crippen LogP contribution in [0.1, 0.15) is 24.1 Å². The van der Waals surface area contributed by atoms with Crippen molar-refractivity contribution in [3.05, 3.63) is 64.1 Å². The van der Waals surface area contributed by atoms with Gasteiger partial charge in [0.15, 0.2) is 15.0 Å². The van der Waals surface area contributed by atoms with E-state index in [4.69, 9.17) is 26.1 Å². The number of methoxy groups -OCH3 is 2. The second kappa shape index (κ2) is 9.68. The quantitative estimate of drug-likeness (QED) is 0.469. The topological polar surface area (TPSA) is 68.7 Å². The smallest absolute Gasteiger partial charge is 0.185 e. The molecule has 0 atom stereocenters. The Bertz CT molecular complexity index is 1170. The molecule has 0 aliphatic carbocycles. The van der Waals surface area contributed by atoms with Crippen molar-refractivity contribution in [3.8, 4) is 11.5 Å². The van der Waals surface area contributed by atoms with Crippen molar-refractivity contribution in [2.24, 2.45) is 0 Å². The molecular weight excluding hydrogens is 468 g/mol. The van der Waals surface area contributed by atoms with Crippen molar-refractivity contribution in [1.29, 1.82) is 0 Å². The third-order valence-electron chi connectivity index (χ3n) is 5.63. The summed E-state index contributed by atoms with van der Waals surface area (Å²) in [7, 11) is -0.178. The first-order valence-corrected chi connectivity index (χ1v) is 13.1. The molecule has 2 heterocycles. The number of anilines is 1. The highest BCUT2D eigenvalue weighted by molar-refractivity contribution is 7.92. The van der Waals surface area contributed by atoms with Gasteiger partial charge in [0.25, 0.3) is 0 Å². The molecule has 0 radical (unpaired) electrons. The Balaban J connectivity index is 1.42. The minimum Gasteiger partial charge on any atom is -0.497 e. The molecule has 6 nitrogen and oxygen atoms in total. The molecule has 0 unspecified atom stereocenters. The van der Waals surface area contributed by atoms with Gasteiger partial charge in [-0.05, 0) is 42.7 Å². The predicted molar refractivity (Wildman–Crippen MR) is 128 cm³/mol. The summed E-state index contributed by atoms with van der Waals surface area (Å²) in [5.74, 6) is 1.49. The molecule has 1 aliphatic heterocycles. The first-order valence-electron chi connectivity index (χ1n) is 10.3. The molecule has 9 heteroatoms. The maximum Gasteiger partial charge on any atom is 0.185 e. The van der Waals surface area contributed by atoms with E-state index in [1.807, 2.05) is 23.6 Å². The second-order valence-electron chi connectivity index (χ2n) is 7.68. The van der Waals surface area contributed by atoms with Gasteiger partial charge < -0.3 is 14.4 Å². The molecule has 0 bridgehead atoms. The largest absolute Gasteiger partial charge is 0.497 e. The van der Waals surface area contributed by atoms with E-state index in [-0.39, 0.29) is 9.92 Å². The number of thiazole rings is 1. The lowest BCUT2D eigenvalue weighted by atomic mass is 10.1. The predicted octanol–water partition coefficient (Wildman–Crippen LogP) is 4.85. The molecule has 1 saturated heterocycles. The summed E-state index contributed by atoms with van der Waals surface area (Å²) in [6.07, 6.45) is 1.77. The number of ether oxygens (including phenoxy) is 2. The van der Waals surface area contributed by atoms with Crippen LogP contribution >= 0.6 is 22.9 Å². The highest BCUT2D eigenvalue weighted by atomic mass is 35.5. The molecule has 0 spiro atoms. The van der Waals surface area contributed by atoms with Gasteiger partial charge in [-0.2, -0.15) is 0 Å². The summed E-state index contributed by atoms with van der Waals surface area (Å²) in [5.41, 5.74) is 2.02. The third kappa shape index (κ3) is 4.87. The zero-order valence-corrected chi connectivity index (χ0v) is 20.3. The first kappa shape index (κ1) is 22.9. The van der Waals surface area contributed by atoms with Crippen LogP contribution in [0.15, 0.2) is 52.7 Å². The maximum atomic E-state index is 13.0. The number of nitrogens with zero attached hydrogens (tertiary/aromatic N) is 2. The van der Waals surface area contributed by atoms with E-state index >= 15 is 0 Å². The Morgan fingerprint density at radius 2 is 1.75 bits per heavy atom. The molecule has 1 aliphatic rings. The Kier molecular flexibility index (Phi) is 6.93. The van der Waals surface area contributed by atoms with Crippen LogP contribution < -0.4 is 14.4 Å². The van der Waals surface area contributed by atoms with Crippen LogP contribution in [0.5, 0.6) is 11.5 Å². The highest BCUT2D eigenvalue weighted by Crippen LogP contribution is 2.32. The van der Waals surface area contributed by atoms with Crippen molar-refractivity contribution in [2.45, 2.75) is 29.4 Å². The van der Waals surface area contributed by atoms with Gasteiger partial charge in [-0.1, -0.05) is 23.7 Å². The lowest BCUT2D eigenvalue weighted by molar-refractivity contribution is 0.393. The molecule has 3 aromatic rings. The zero-order valence-electron chi connectivity index (χ0n) is 18.0. The van der Waals surface area contributed by atoms with Gasteiger partial charge in [0.05, 0.1) is 35.1 Å². The Morgan fingerprint density at radius 1 is 1.09 bits per heavy atom. The summed E-state index contributed by atoms with van der Waals surface area (Å²) in [6.45, 7) is 1.29. The van der Waals surface area contributed by atoms with Crippen molar-refractivity contribution in [1.82, 2.24) is 4.98 Å². The van der Waals surface area contributed by atoms with Gasteiger partial charge in [0, 0.05) is 31.0 Å². The van der Waals surface area contributed by atoms with Crippen LogP contribution in [-0.2, 0) is 16.3 Å². The van der Waals surface area contributed by atoms with Crippen molar-refractivity contribution >= 4 is 37.9 Å². The highest BCUT2D eigenvalue weighted by Gasteiger charge is 2.33. The van der Waals surface area contributed by atoms with E-state index < -0.39 is 15.1 Å². The fourth-order valence-electron chi connectivity index (χ4n) is 3.91. The van der Waals surface area contributed by atoms with Gasteiger partial charge in [0.1, 0.15) is 11.5 Å². The Hall–Kier alpha value is -2.29. The lowest BCUT2D eigenvalue weighted by Crippen LogP contribution is -2.39. The number of piperidine rings is 1. The second-order valence-corrected chi connectivity index (χ2v) is 11.1.